The number of hydrogen-bond acceptors (Lipinski definition) is 3. The van der Waals surface area contributed by atoms with E-state index >= 15 is 0 Å². The second-order valence-electron chi connectivity index (χ2n) is 6.58. The second-order valence-corrected chi connectivity index (χ2v) is 7.56. The zero-order valence-corrected chi connectivity index (χ0v) is 14.6. The maximum Gasteiger partial charge on any atom is 0.318 e. The van der Waals surface area contributed by atoms with Crippen LogP contribution in [0.5, 0.6) is 0 Å². The molecule has 0 saturated heterocycles. The van der Waals surface area contributed by atoms with E-state index in [0.29, 0.717) is 6.54 Å². The number of carbonyl (C=O) groups is 1. The van der Waals surface area contributed by atoms with Crippen LogP contribution in [-0.2, 0) is 6.54 Å². The highest BCUT2D eigenvalue weighted by atomic mass is 32.1. The van der Waals surface area contributed by atoms with Gasteiger partial charge in [0.05, 0.1) is 6.54 Å². The van der Waals surface area contributed by atoms with E-state index in [9.17, 15) is 9.90 Å². The molecule has 0 radical (unpaired) electrons. The van der Waals surface area contributed by atoms with Crippen molar-refractivity contribution in [1.29, 1.82) is 0 Å². The molecule has 2 aromatic rings. The van der Waals surface area contributed by atoms with Crippen LogP contribution in [0, 0.1) is 0 Å². The molecule has 2 N–H and O–H groups in total. The Kier molecular flexibility index (Phi) is 5.80. The number of amides is 2. The number of carbonyl (C=O) groups excluding carboxylic acids is 1. The highest BCUT2D eigenvalue weighted by Gasteiger charge is 2.23. The van der Waals surface area contributed by atoms with Gasteiger partial charge in [-0.25, -0.2) is 4.79 Å². The minimum Gasteiger partial charge on any atom is -0.386 e. The van der Waals surface area contributed by atoms with Crippen LogP contribution >= 0.6 is 11.3 Å². The third-order valence-electron chi connectivity index (χ3n) is 3.25. The van der Waals surface area contributed by atoms with Gasteiger partial charge >= 0.3 is 6.03 Å². The molecule has 0 aliphatic carbocycles. The summed E-state index contributed by atoms with van der Waals surface area (Å²) < 4.78 is 0. The molecule has 1 aromatic carbocycles. The van der Waals surface area contributed by atoms with Gasteiger partial charge in [-0.2, -0.15) is 0 Å². The van der Waals surface area contributed by atoms with Crippen molar-refractivity contribution in [1.82, 2.24) is 10.2 Å². The van der Waals surface area contributed by atoms with Crippen molar-refractivity contribution in [3.05, 3.63) is 58.3 Å². The predicted molar refractivity (Wildman–Crippen MR) is 94.4 cm³/mol. The Morgan fingerprint density at radius 2 is 1.91 bits per heavy atom. The Hall–Kier alpha value is -1.85. The van der Waals surface area contributed by atoms with E-state index in [2.05, 4.69) is 5.32 Å². The lowest BCUT2D eigenvalue weighted by Gasteiger charge is -2.30. The average Bonchev–Trinajstić information content (AvgIpc) is 3.00. The van der Waals surface area contributed by atoms with E-state index in [1.165, 1.54) is 11.3 Å². The van der Waals surface area contributed by atoms with E-state index < -0.39 is 6.10 Å². The monoisotopic (exact) mass is 332 g/mol. The molecule has 4 nitrogen and oxygen atoms in total. The number of aliphatic hydroxyl groups excluding tert-OH is 1. The molecule has 0 aliphatic heterocycles. The fourth-order valence-electron chi connectivity index (χ4n) is 2.20. The molecule has 0 saturated carbocycles. The van der Waals surface area contributed by atoms with E-state index in [0.717, 1.165) is 10.4 Å². The number of nitrogens with one attached hydrogen (secondary N) is 1. The number of urea groups is 1. The van der Waals surface area contributed by atoms with Gasteiger partial charge in [-0.3, -0.25) is 0 Å². The summed E-state index contributed by atoms with van der Waals surface area (Å²) in [6.07, 6.45) is -0.676. The average molecular weight is 332 g/mol. The molecule has 1 aromatic heterocycles. The Morgan fingerprint density at radius 3 is 2.48 bits per heavy atom. The Morgan fingerprint density at radius 1 is 1.22 bits per heavy atom. The molecule has 124 valence electrons. The summed E-state index contributed by atoms with van der Waals surface area (Å²) in [5.74, 6) is 0. The van der Waals surface area contributed by atoms with Gasteiger partial charge in [-0.1, -0.05) is 36.4 Å². The first-order valence-electron chi connectivity index (χ1n) is 7.67. The van der Waals surface area contributed by atoms with E-state index in [-0.39, 0.29) is 18.1 Å². The number of aliphatic hydroxyl groups is 1. The van der Waals surface area contributed by atoms with Gasteiger partial charge in [0.2, 0.25) is 0 Å². The molecular weight excluding hydrogens is 308 g/mol. The fraction of sp³-hybridized carbons (Fsp3) is 0.389. The fourth-order valence-corrected chi connectivity index (χ4v) is 2.91. The molecule has 2 rings (SSSR count). The van der Waals surface area contributed by atoms with Gasteiger partial charge in [0.25, 0.3) is 0 Å². The van der Waals surface area contributed by atoms with Gasteiger partial charge in [-0.15, -0.1) is 11.3 Å². The first-order chi connectivity index (χ1) is 10.8. The largest absolute Gasteiger partial charge is 0.386 e. The number of nitrogens with zero attached hydrogens (tertiary/aromatic N) is 1. The van der Waals surface area contributed by atoms with Crippen LogP contribution in [0.2, 0.25) is 0 Å². The highest BCUT2D eigenvalue weighted by Crippen LogP contribution is 2.21. The molecule has 0 spiro atoms. The first kappa shape index (κ1) is 17.5. The third kappa shape index (κ3) is 5.69. The van der Waals surface area contributed by atoms with Crippen molar-refractivity contribution in [2.45, 2.75) is 39.0 Å². The van der Waals surface area contributed by atoms with Crippen LogP contribution in [0.3, 0.4) is 0 Å². The second kappa shape index (κ2) is 7.62. The Balaban J connectivity index is 2.12. The lowest BCUT2D eigenvalue weighted by Crippen LogP contribution is -2.49. The minimum atomic E-state index is -0.676. The summed E-state index contributed by atoms with van der Waals surface area (Å²) in [7, 11) is 0. The molecule has 1 unspecified atom stereocenters. The van der Waals surface area contributed by atoms with Crippen LogP contribution in [0.4, 0.5) is 4.79 Å². The van der Waals surface area contributed by atoms with Gasteiger partial charge in [0, 0.05) is 17.0 Å². The highest BCUT2D eigenvalue weighted by molar-refractivity contribution is 7.10. The van der Waals surface area contributed by atoms with Crippen molar-refractivity contribution in [2.24, 2.45) is 0 Å². The number of rotatable bonds is 5. The number of thiophene rings is 1. The molecule has 5 heteroatoms. The molecule has 1 heterocycles. The third-order valence-corrected chi connectivity index (χ3v) is 4.22. The van der Waals surface area contributed by atoms with E-state index in [1.807, 2.05) is 68.6 Å². The molecule has 0 bridgehead atoms. The lowest BCUT2D eigenvalue weighted by atomic mass is 10.1. The van der Waals surface area contributed by atoms with Crippen LogP contribution < -0.4 is 5.32 Å². The summed E-state index contributed by atoms with van der Waals surface area (Å²) in [6.45, 7) is 6.56. The van der Waals surface area contributed by atoms with Crippen molar-refractivity contribution in [2.75, 3.05) is 6.54 Å². The summed E-state index contributed by atoms with van der Waals surface area (Å²) in [6, 6.07) is 13.4. The zero-order valence-electron chi connectivity index (χ0n) is 13.8. The predicted octanol–water partition coefficient (Wildman–Crippen LogP) is 3.79. The van der Waals surface area contributed by atoms with Gasteiger partial charge < -0.3 is 15.3 Å². The van der Waals surface area contributed by atoms with Crippen molar-refractivity contribution in [3.63, 3.8) is 0 Å². The van der Waals surface area contributed by atoms with E-state index in [4.69, 9.17) is 0 Å². The maximum atomic E-state index is 12.6. The normalized spacial score (nSPS) is 12.7. The molecule has 2 amide bonds. The molecular formula is C18H24N2O2S. The van der Waals surface area contributed by atoms with Gasteiger partial charge in [0.15, 0.2) is 0 Å². The van der Waals surface area contributed by atoms with Crippen LogP contribution in [0.25, 0.3) is 0 Å². The molecule has 0 aliphatic rings. The summed E-state index contributed by atoms with van der Waals surface area (Å²) >= 11 is 1.50. The van der Waals surface area contributed by atoms with Crippen molar-refractivity contribution in [3.8, 4) is 0 Å². The topological polar surface area (TPSA) is 52.6 Å². The zero-order chi connectivity index (χ0) is 16.9. The summed E-state index contributed by atoms with van der Waals surface area (Å²) in [5, 5.41) is 15.3. The quantitative estimate of drug-likeness (QED) is 0.875. The molecule has 1 atom stereocenters. The van der Waals surface area contributed by atoms with Crippen molar-refractivity contribution >= 4 is 17.4 Å². The van der Waals surface area contributed by atoms with Crippen molar-refractivity contribution < 1.29 is 9.90 Å². The molecule has 23 heavy (non-hydrogen) atoms. The minimum absolute atomic E-state index is 0.169. The van der Waals surface area contributed by atoms with Crippen LogP contribution in [-0.4, -0.2) is 28.1 Å². The van der Waals surface area contributed by atoms with E-state index in [1.54, 1.807) is 4.90 Å². The smallest absolute Gasteiger partial charge is 0.318 e. The number of benzene rings is 1. The first-order valence-corrected chi connectivity index (χ1v) is 8.55. The lowest BCUT2D eigenvalue weighted by molar-refractivity contribution is 0.117. The molecule has 0 fully saturated rings. The summed E-state index contributed by atoms with van der Waals surface area (Å²) in [4.78, 5) is 15.1. The van der Waals surface area contributed by atoms with Crippen LogP contribution in [0.1, 0.15) is 37.3 Å². The van der Waals surface area contributed by atoms with Gasteiger partial charge in [-0.05, 0) is 37.8 Å². The SMILES string of the molecule is CC(C)(C)NC(=O)N(Cc1ccccc1)CC(O)c1cccs1. The van der Waals surface area contributed by atoms with Gasteiger partial charge in [0.1, 0.15) is 6.10 Å². The summed E-state index contributed by atoms with van der Waals surface area (Å²) in [5.41, 5.74) is 0.717. The Labute approximate surface area is 141 Å². The number of hydrogen-bond donors (Lipinski definition) is 2. The standard InChI is InChI=1S/C18H24N2O2S/c1-18(2,3)19-17(22)20(12-14-8-5-4-6-9-14)13-15(21)16-10-7-11-23-16/h4-11,15,21H,12-13H2,1-3H3,(H,19,22). The maximum absolute atomic E-state index is 12.6. The Bertz CT molecular complexity index is 606. The van der Waals surface area contributed by atoms with Crippen LogP contribution in [0.15, 0.2) is 47.8 Å².